The highest BCUT2D eigenvalue weighted by molar-refractivity contribution is 7.08. The average molecular weight is 384 g/mol. The second-order valence-electron chi connectivity index (χ2n) is 8.25. The van der Waals surface area contributed by atoms with Crippen LogP contribution in [0.2, 0.25) is 0 Å². The van der Waals surface area contributed by atoms with Crippen LogP contribution >= 0.6 is 11.3 Å². The Morgan fingerprint density at radius 2 is 2.37 bits per heavy atom. The Kier molecular flexibility index (Phi) is 4.30. The highest BCUT2D eigenvalue weighted by Crippen LogP contribution is 2.54. The molecule has 5 heterocycles. The Labute approximate surface area is 163 Å². The van der Waals surface area contributed by atoms with E-state index in [1.807, 2.05) is 23.0 Å². The molecule has 0 unspecified atom stereocenters. The molecule has 3 aliphatic rings. The summed E-state index contributed by atoms with van der Waals surface area (Å²) in [5.41, 5.74) is 3.07. The maximum absolute atomic E-state index is 12.3. The zero-order chi connectivity index (χ0) is 18.4. The van der Waals surface area contributed by atoms with Gasteiger partial charge in [-0.25, -0.2) is 0 Å². The number of amides is 1. The fraction of sp³-hybridized carbons (Fsp3) is 0.524. The van der Waals surface area contributed by atoms with Crippen molar-refractivity contribution >= 4 is 17.2 Å². The number of fused-ring (bicyclic) bond motifs is 1. The molecule has 0 aliphatic carbocycles. The summed E-state index contributed by atoms with van der Waals surface area (Å²) in [7, 11) is 0. The minimum Gasteiger partial charge on any atom is -0.370 e. The van der Waals surface area contributed by atoms with E-state index in [9.17, 15) is 4.79 Å². The van der Waals surface area contributed by atoms with Gasteiger partial charge in [0.2, 0.25) is 0 Å². The Balaban J connectivity index is 1.25. The van der Waals surface area contributed by atoms with Gasteiger partial charge in [0, 0.05) is 55.2 Å². The standard InChI is InChI=1S/C21H25N3O2S/c1-14-2-3-16(22-8-14)10-24-11-18-17(19-4-6-21(18,13-24)26-19)9-23-20(25)15-5-7-27-12-15/h2-3,5,7-8,12,17-19H,4,6,9-11,13H2,1H3,(H,23,25)/t17-,18+,19+,21+/m0/s1. The maximum Gasteiger partial charge on any atom is 0.252 e. The van der Waals surface area contributed by atoms with Crippen LogP contribution in [0.25, 0.3) is 0 Å². The van der Waals surface area contributed by atoms with Gasteiger partial charge in [-0.3, -0.25) is 14.7 Å². The van der Waals surface area contributed by atoms with E-state index in [-0.39, 0.29) is 11.5 Å². The van der Waals surface area contributed by atoms with Crippen LogP contribution in [0.1, 0.15) is 34.5 Å². The second-order valence-corrected chi connectivity index (χ2v) is 9.03. The first-order valence-corrected chi connectivity index (χ1v) is 10.7. The van der Waals surface area contributed by atoms with Crippen molar-refractivity contribution in [1.29, 1.82) is 0 Å². The molecule has 2 aromatic rings. The summed E-state index contributed by atoms with van der Waals surface area (Å²) in [6, 6.07) is 6.13. The Bertz CT molecular complexity index is 822. The van der Waals surface area contributed by atoms with E-state index >= 15 is 0 Å². The Hall–Kier alpha value is -1.76. The molecule has 6 heteroatoms. The number of ether oxygens (including phenoxy) is 1. The van der Waals surface area contributed by atoms with Gasteiger partial charge in [0.05, 0.1) is 17.4 Å². The van der Waals surface area contributed by atoms with Crippen LogP contribution in [0.4, 0.5) is 0 Å². The fourth-order valence-electron chi connectivity index (χ4n) is 5.21. The van der Waals surface area contributed by atoms with Gasteiger partial charge >= 0.3 is 0 Å². The van der Waals surface area contributed by atoms with Crippen molar-refractivity contribution in [3.05, 3.63) is 52.0 Å². The average Bonchev–Trinajstić information content (AvgIpc) is 3.42. The van der Waals surface area contributed by atoms with E-state index in [4.69, 9.17) is 4.74 Å². The van der Waals surface area contributed by atoms with Crippen LogP contribution in [0, 0.1) is 18.8 Å². The third-order valence-electron chi connectivity index (χ3n) is 6.49. The first kappa shape index (κ1) is 17.3. The Morgan fingerprint density at radius 3 is 3.15 bits per heavy atom. The number of carbonyl (C=O) groups excluding carboxylic acids is 1. The number of pyridine rings is 1. The van der Waals surface area contributed by atoms with Crippen LogP contribution in [0.3, 0.4) is 0 Å². The molecule has 3 fully saturated rings. The summed E-state index contributed by atoms with van der Waals surface area (Å²) in [5.74, 6) is 0.952. The molecule has 0 aromatic carbocycles. The number of aryl methyl sites for hydroxylation is 1. The summed E-state index contributed by atoms with van der Waals surface area (Å²) in [4.78, 5) is 19.4. The predicted molar refractivity (Wildman–Crippen MR) is 105 cm³/mol. The molecule has 3 aliphatic heterocycles. The number of hydrogen-bond donors (Lipinski definition) is 1. The van der Waals surface area contributed by atoms with E-state index in [1.54, 1.807) is 11.3 Å². The maximum atomic E-state index is 12.3. The SMILES string of the molecule is Cc1ccc(CN2C[C@@H]3[C@H](CNC(=O)c4ccsc4)[C@H]4CC[C@]3(C2)O4)nc1. The first-order chi connectivity index (χ1) is 13.1. The molecule has 3 saturated heterocycles. The molecular weight excluding hydrogens is 358 g/mol. The largest absolute Gasteiger partial charge is 0.370 e. The molecule has 27 heavy (non-hydrogen) atoms. The smallest absolute Gasteiger partial charge is 0.252 e. The lowest BCUT2D eigenvalue weighted by molar-refractivity contribution is 0.00203. The summed E-state index contributed by atoms with van der Waals surface area (Å²) >= 11 is 1.56. The molecule has 1 amide bonds. The van der Waals surface area contributed by atoms with Gasteiger partial charge in [-0.15, -0.1) is 0 Å². The molecule has 5 nitrogen and oxygen atoms in total. The molecule has 2 bridgehead atoms. The molecule has 5 rings (SSSR count). The molecule has 2 aromatic heterocycles. The number of likely N-dealkylation sites (tertiary alicyclic amines) is 1. The van der Waals surface area contributed by atoms with Crippen LogP contribution < -0.4 is 5.32 Å². The van der Waals surface area contributed by atoms with Gasteiger partial charge in [0.25, 0.3) is 5.91 Å². The normalized spacial score (nSPS) is 32.0. The van der Waals surface area contributed by atoms with Gasteiger partial charge < -0.3 is 10.1 Å². The van der Waals surface area contributed by atoms with Crippen LogP contribution in [-0.2, 0) is 11.3 Å². The second kappa shape index (κ2) is 6.69. The van der Waals surface area contributed by atoms with E-state index in [0.717, 1.165) is 43.7 Å². The Morgan fingerprint density at radius 1 is 1.44 bits per heavy atom. The monoisotopic (exact) mass is 383 g/mol. The lowest BCUT2D eigenvalue weighted by atomic mass is 9.73. The van der Waals surface area contributed by atoms with Crippen molar-refractivity contribution in [1.82, 2.24) is 15.2 Å². The quantitative estimate of drug-likeness (QED) is 0.863. The third-order valence-corrected chi connectivity index (χ3v) is 7.18. The molecular formula is C21H25N3O2S. The summed E-state index contributed by atoms with van der Waals surface area (Å²) in [6.07, 6.45) is 4.51. The van der Waals surface area contributed by atoms with Crippen LogP contribution in [0.15, 0.2) is 35.2 Å². The third kappa shape index (κ3) is 3.10. The molecule has 142 valence electrons. The number of hydrogen-bond acceptors (Lipinski definition) is 5. The molecule has 1 spiro atoms. The van der Waals surface area contributed by atoms with Crippen molar-refractivity contribution in [3.8, 4) is 0 Å². The molecule has 1 N–H and O–H groups in total. The highest BCUT2D eigenvalue weighted by Gasteiger charge is 2.62. The van der Waals surface area contributed by atoms with Gasteiger partial charge in [-0.1, -0.05) is 6.07 Å². The number of nitrogens with one attached hydrogen (secondary N) is 1. The number of carbonyl (C=O) groups is 1. The number of nitrogens with zero attached hydrogens (tertiary/aromatic N) is 2. The van der Waals surface area contributed by atoms with E-state index in [2.05, 4.69) is 34.3 Å². The van der Waals surface area contributed by atoms with Gasteiger partial charge in [-0.05, 0) is 42.8 Å². The minimum atomic E-state index is -0.00681. The van der Waals surface area contributed by atoms with E-state index in [1.165, 1.54) is 5.56 Å². The summed E-state index contributed by atoms with van der Waals surface area (Å²) in [6.45, 7) is 5.67. The molecule has 0 saturated carbocycles. The highest BCUT2D eigenvalue weighted by atomic mass is 32.1. The fourth-order valence-corrected chi connectivity index (χ4v) is 5.84. The summed E-state index contributed by atoms with van der Waals surface area (Å²) < 4.78 is 6.50. The first-order valence-electron chi connectivity index (χ1n) is 9.75. The molecule has 4 atom stereocenters. The zero-order valence-electron chi connectivity index (χ0n) is 15.6. The number of rotatable bonds is 5. The summed E-state index contributed by atoms with van der Waals surface area (Å²) in [5, 5.41) is 6.99. The topological polar surface area (TPSA) is 54.5 Å². The van der Waals surface area contributed by atoms with E-state index in [0.29, 0.717) is 24.5 Å². The van der Waals surface area contributed by atoms with Crippen LogP contribution in [0.5, 0.6) is 0 Å². The lowest BCUT2D eigenvalue weighted by Gasteiger charge is -2.29. The number of thiophene rings is 1. The van der Waals surface area contributed by atoms with Crippen molar-refractivity contribution in [3.63, 3.8) is 0 Å². The van der Waals surface area contributed by atoms with Gasteiger partial charge in [0.1, 0.15) is 0 Å². The minimum absolute atomic E-state index is 0.00681. The number of aromatic nitrogens is 1. The van der Waals surface area contributed by atoms with Crippen LogP contribution in [-0.4, -0.2) is 47.1 Å². The van der Waals surface area contributed by atoms with Crippen molar-refractivity contribution in [2.45, 2.75) is 38.0 Å². The van der Waals surface area contributed by atoms with Gasteiger partial charge in [-0.2, -0.15) is 11.3 Å². The van der Waals surface area contributed by atoms with Crippen molar-refractivity contribution < 1.29 is 9.53 Å². The van der Waals surface area contributed by atoms with Gasteiger partial charge in [0.15, 0.2) is 0 Å². The van der Waals surface area contributed by atoms with Crippen molar-refractivity contribution in [2.75, 3.05) is 19.6 Å². The lowest BCUT2D eigenvalue weighted by Crippen LogP contribution is -2.41. The zero-order valence-corrected chi connectivity index (χ0v) is 16.4. The predicted octanol–water partition coefficient (Wildman–Crippen LogP) is 2.86. The van der Waals surface area contributed by atoms with Crippen molar-refractivity contribution in [2.24, 2.45) is 11.8 Å². The van der Waals surface area contributed by atoms with E-state index < -0.39 is 0 Å². The molecule has 0 radical (unpaired) electrons.